The largest absolute Gasteiger partial charge is 0.370 e. The summed E-state index contributed by atoms with van der Waals surface area (Å²) >= 11 is 0. The molecule has 0 radical (unpaired) electrons. The highest BCUT2D eigenvalue weighted by molar-refractivity contribution is 5.94. The Morgan fingerprint density at radius 3 is 2.81 bits per heavy atom. The lowest BCUT2D eigenvalue weighted by molar-refractivity contribution is 0.0496. The van der Waals surface area contributed by atoms with Crippen LogP contribution in [0.1, 0.15) is 25.3 Å². The highest BCUT2D eigenvalue weighted by atomic mass is 15.3. The fourth-order valence-electron chi connectivity index (χ4n) is 4.23. The van der Waals surface area contributed by atoms with Crippen LogP contribution in [0.5, 0.6) is 0 Å². The first kappa shape index (κ1) is 13.1. The van der Waals surface area contributed by atoms with Gasteiger partial charge in [0.15, 0.2) is 0 Å². The predicted molar refractivity (Wildman–Crippen MR) is 86.8 cm³/mol. The van der Waals surface area contributed by atoms with E-state index >= 15 is 0 Å². The second-order valence-electron chi connectivity index (χ2n) is 6.99. The molecule has 4 rings (SSSR count). The molecule has 2 fully saturated rings. The van der Waals surface area contributed by atoms with Crippen LogP contribution in [0.2, 0.25) is 0 Å². The van der Waals surface area contributed by atoms with Gasteiger partial charge in [-0.3, -0.25) is 4.68 Å². The molecule has 2 aliphatic rings. The van der Waals surface area contributed by atoms with Crippen molar-refractivity contribution in [3.05, 3.63) is 23.9 Å². The molecule has 1 aliphatic heterocycles. The van der Waals surface area contributed by atoms with Gasteiger partial charge in [-0.1, -0.05) is 13.0 Å². The van der Waals surface area contributed by atoms with Crippen molar-refractivity contribution in [2.75, 3.05) is 24.5 Å². The van der Waals surface area contributed by atoms with Crippen LogP contribution < -0.4 is 10.2 Å². The maximum atomic E-state index is 4.60. The Hall–Kier alpha value is -1.55. The number of benzene rings is 1. The third-order valence-electron chi connectivity index (χ3n) is 5.21. The van der Waals surface area contributed by atoms with Crippen LogP contribution in [0.15, 0.2) is 18.3 Å². The molecule has 1 saturated carbocycles. The molecule has 4 heteroatoms. The van der Waals surface area contributed by atoms with Crippen molar-refractivity contribution >= 4 is 16.6 Å². The Kier molecular flexibility index (Phi) is 2.80. The number of nitrogens with zero attached hydrogens (tertiary/aromatic N) is 3. The van der Waals surface area contributed by atoms with Gasteiger partial charge in [0, 0.05) is 48.9 Å². The second kappa shape index (κ2) is 4.47. The van der Waals surface area contributed by atoms with E-state index in [2.05, 4.69) is 47.5 Å². The van der Waals surface area contributed by atoms with Gasteiger partial charge >= 0.3 is 0 Å². The van der Waals surface area contributed by atoms with Crippen LogP contribution in [0.4, 0.5) is 5.69 Å². The minimum absolute atomic E-state index is 0.590. The molecule has 1 aromatic carbocycles. The molecule has 1 aromatic heterocycles. The number of aromatic nitrogens is 2. The third-order valence-corrected chi connectivity index (χ3v) is 5.21. The number of hydrogen-bond acceptors (Lipinski definition) is 3. The molecule has 1 aliphatic carbocycles. The lowest BCUT2D eigenvalue weighted by Gasteiger charge is -2.60. The number of aryl methyl sites for hydroxylation is 2. The molecule has 0 bridgehead atoms. The topological polar surface area (TPSA) is 33.1 Å². The highest BCUT2D eigenvalue weighted by Gasteiger charge is 2.52. The van der Waals surface area contributed by atoms with Gasteiger partial charge in [0.1, 0.15) is 0 Å². The average Bonchev–Trinajstić information content (AvgIpc) is 2.75. The van der Waals surface area contributed by atoms with Crippen molar-refractivity contribution < 1.29 is 0 Å². The molecular formula is C17H24N4. The molecule has 21 heavy (non-hydrogen) atoms. The second-order valence-corrected chi connectivity index (χ2v) is 6.99. The van der Waals surface area contributed by atoms with Gasteiger partial charge < -0.3 is 10.2 Å². The third kappa shape index (κ3) is 1.96. The van der Waals surface area contributed by atoms with Crippen LogP contribution in [0.25, 0.3) is 10.9 Å². The fourth-order valence-corrected chi connectivity index (χ4v) is 4.23. The SMILES string of the molecule is CCNC1CC2(C1)CN(c1ccc(C)c3nn(C)cc13)C2. The van der Waals surface area contributed by atoms with E-state index in [1.54, 1.807) is 0 Å². The summed E-state index contributed by atoms with van der Waals surface area (Å²) in [5, 5.41) is 9.47. The van der Waals surface area contributed by atoms with Crippen molar-refractivity contribution in [2.45, 2.75) is 32.7 Å². The molecule has 1 N–H and O–H groups in total. The summed E-state index contributed by atoms with van der Waals surface area (Å²) < 4.78 is 1.93. The van der Waals surface area contributed by atoms with Crippen LogP contribution in [-0.2, 0) is 7.05 Å². The summed E-state index contributed by atoms with van der Waals surface area (Å²) in [4.78, 5) is 2.53. The number of hydrogen-bond donors (Lipinski definition) is 1. The van der Waals surface area contributed by atoms with E-state index in [0.717, 1.165) is 18.1 Å². The van der Waals surface area contributed by atoms with Crippen molar-refractivity contribution in [3.8, 4) is 0 Å². The van der Waals surface area contributed by atoms with Crippen LogP contribution in [0.3, 0.4) is 0 Å². The van der Waals surface area contributed by atoms with Gasteiger partial charge in [-0.2, -0.15) is 5.10 Å². The van der Waals surface area contributed by atoms with E-state index in [4.69, 9.17) is 0 Å². The molecule has 2 heterocycles. The van der Waals surface area contributed by atoms with Crippen molar-refractivity contribution in [1.82, 2.24) is 15.1 Å². The molecule has 0 unspecified atom stereocenters. The van der Waals surface area contributed by atoms with E-state index in [1.807, 2.05) is 11.7 Å². The Morgan fingerprint density at radius 2 is 2.10 bits per heavy atom. The Bertz CT molecular complexity index is 673. The molecule has 1 spiro atoms. The quantitative estimate of drug-likeness (QED) is 0.940. The van der Waals surface area contributed by atoms with E-state index in [-0.39, 0.29) is 0 Å². The average molecular weight is 284 g/mol. The zero-order valence-corrected chi connectivity index (χ0v) is 13.2. The predicted octanol–water partition coefficient (Wildman–Crippen LogP) is 2.46. The maximum absolute atomic E-state index is 4.60. The van der Waals surface area contributed by atoms with Gasteiger partial charge in [-0.15, -0.1) is 0 Å². The Morgan fingerprint density at radius 1 is 1.33 bits per heavy atom. The Labute approximate surface area is 126 Å². The van der Waals surface area contributed by atoms with Gasteiger partial charge in [0.25, 0.3) is 0 Å². The molecular weight excluding hydrogens is 260 g/mol. The van der Waals surface area contributed by atoms with Gasteiger partial charge in [0.05, 0.1) is 5.52 Å². The number of rotatable bonds is 3. The summed E-state index contributed by atoms with van der Waals surface area (Å²) in [7, 11) is 2.01. The zero-order valence-electron chi connectivity index (χ0n) is 13.2. The number of anilines is 1. The summed E-state index contributed by atoms with van der Waals surface area (Å²) in [5.41, 5.74) is 4.36. The van der Waals surface area contributed by atoms with Crippen LogP contribution >= 0.6 is 0 Å². The van der Waals surface area contributed by atoms with E-state index in [0.29, 0.717) is 5.41 Å². The fraction of sp³-hybridized carbons (Fsp3) is 0.588. The van der Waals surface area contributed by atoms with E-state index in [1.165, 1.54) is 42.6 Å². The standard InChI is InChI=1S/C17H24N4/c1-4-18-13-7-17(8-13)10-21(11-17)15-6-5-12(2)16-14(15)9-20(3)19-16/h5-6,9,13,18H,4,7-8,10-11H2,1-3H3. The Balaban J connectivity index is 1.53. The van der Waals surface area contributed by atoms with E-state index < -0.39 is 0 Å². The normalized spacial score (nSPS) is 20.8. The number of nitrogens with one attached hydrogen (secondary N) is 1. The van der Waals surface area contributed by atoms with Gasteiger partial charge in [0.2, 0.25) is 0 Å². The lowest BCUT2D eigenvalue weighted by Crippen LogP contribution is -2.66. The summed E-state index contributed by atoms with van der Waals surface area (Å²) in [5.74, 6) is 0. The first-order chi connectivity index (χ1) is 10.1. The first-order valence-electron chi connectivity index (χ1n) is 8.01. The molecule has 0 amide bonds. The van der Waals surface area contributed by atoms with Crippen LogP contribution in [-0.4, -0.2) is 35.5 Å². The minimum atomic E-state index is 0.590. The first-order valence-corrected chi connectivity index (χ1v) is 8.01. The smallest absolute Gasteiger partial charge is 0.0973 e. The summed E-state index contributed by atoms with van der Waals surface area (Å²) in [6.07, 6.45) is 4.85. The lowest BCUT2D eigenvalue weighted by atomic mass is 9.60. The van der Waals surface area contributed by atoms with Crippen molar-refractivity contribution in [3.63, 3.8) is 0 Å². The maximum Gasteiger partial charge on any atom is 0.0973 e. The monoisotopic (exact) mass is 284 g/mol. The zero-order chi connectivity index (χ0) is 14.6. The molecule has 112 valence electrons. The molecule has 0 atom stereocenters. The minimum Gasteiger partial charge on any atom is -0.370 e. The molecule has 2 aromatic rings. The molecule has 1 saturated heterocycles. The number of fused-ring (bicyclic) bond motifs is 1. The van der Waals surface area contributed by atoms with Crippen LogP contribution in [0, 0.1) is 12.3 Å². The molecule has 4 nitrogen and oxygen atoms in total. The van der Waals surface area contributed by atoms with E-state index in [9.17, 15) is 0 Å². The van der Waals surface area contributed by atoms with Gasteiger partial charge in [-0.25, -0.2) is 0 Å². The highest BCUT2D eigenvalue weighted by Crippen LogP contribution is 2.50. The van der Waals surface area contributed by atoms with Gasteiger partial charge in [-0.05, 0) is 37.9 Å². The summed E-state index contributed by atoms with van der Waals surface area (Å²) in [6.45, 7) is 7.86. The summed E-state index contributed by atoms with van der Waals surface area (Å²) in [6, 6.07) is 5.23. The van der Waals surface area contributed by atoms with Crippen molar-refractivity contribution in [1.29, 1.82) is 0 Å². The van der Waals surface area contributed by atoms with Crippen molar-refractivity contribution in [2.24, 2.45) is 12.5 Å².